The van der Waals surface area contributed by atoms with Crippen LogP contribution in [0.1, 0.15) is 0 Å². The quantitative estimate of drug-likeness (QED) is 0.565. The van der Waals surface area contributed by atoms with Crippen LogP contribution in [0.4, 0.5) is 0 Å². The Bertz CT molecular complexity index is 657. The van der Waals surface area contributed by atoms with E-state index in [-0.39, 0.29) is 0 Å². The SMILES string of the molecule is Clc1ccc2c(c1)oc1ccc(Br)cc12. The molecule has 3 heteroatoms. The van der Waals surface area contributed by atoms with E-state index in [1.165, 1.54) is 0 Å². The highest BCUT2D eigenvalue weighted by Gasteiger charge is 2.06. The van der Waals surface area contributed by atoms with E-state index in [2.05, 4.69) is 22.0 Å². The van der Waals surface area contributed by atoms with E-state index in [4.69, 9.17) is 16.0 Å². The molecule has 3 aromatic rings. The Balaban J connectivity index is 2.53. The van der Waals surface area contributed by atoms with Crippen LogP contribution in [0.25, 0.3) is 21.9 Å². The minimum atomic E-state index is 0.695. The molecule has 0 aliphatic heterocycles. The van der Waals surface area contributed by atoms with Gasteiger partial charge in [-0.3, -0.25) is 0 Å². The van der Waals surface area contributed by atoms with Gasteiger partial charge in [0.1, 0.15) is 11.2 Å². The van der Waals surface area contributed by atoms with E-state index in [9.17, 15) is 0 Å². The summed E-state index contributed by atoms with van der Waals surface area (Å²) < 4.78 is 6.73. The van der Waals surface area contributed by atoms with E-state index >= 15 is 0 Å². The normalized spacial score (nSPS) is 11.3. The molecule has 0 aliphatic carbocycles. The van der Waals surface area contributed by atoms with Crippen LogP contribution in [0.15, 0.2) is 45.3 Å². The van der Waals surface area contributed by atoms with Gasteiger partial charge in [-0.2, -0.15) is 0 Å². The van der Waals surface area contributed by atoms with Gasteiger partial charge in [0.25, 0.3) is 0 Å². The number of halogens is 2. The first kappa shape index (κ1) is 9.25. The molecule has 74 valence electrons. The fourth-order valence-corrected chi connectivity index (χ4v) is 2.25. The van der Waals surface area contributed by atoms with Gasteiger partial charge in [0.05, 0.1) is 0 Å². The molecular weight excluding hydrogens is 275 g/mol. The Kier molecular flexibility index (Phi) is 2.01. The van der Waals surface area contributed by atoms with Gasteiger partial charge in [-0.15, -0.1) is 0 Å². The van der Waals surface area contributed by atoms with Crippen molar-refractivity contribution in [1.29, 1.82) is 0 Å². The smallest absolute Gasteiger partial charge is 0.136 e. The maximum atomic E-state index is 5.91. The van der Waals surface area contributed by atoms with Gasteiger partial charge in [0.15, 0.2) is 0 Å². The molecule has 0 saturated carbocycles. The van der Waals surface area contributed by atoms with Crippen molar-refractivity contribution in [1.82, 2.24) is 0 Å². The van der Waals surface area contributed by atoms with Crippen LogP contribution in [-0.4, -0.2) is 0 Å². The van der Waals surface area contributed by atoms with Gasteiger partial charge in [0.2, 0.25) is 0 Å². The summed E-state index contributed by atoms with van der Waals surface area (Å²) in [5, 5.41) is 2.90. The van der Waals surface area contributed by atoms with E-state index in [0.717, 1.165) is 26.4 Å². The van der Waals surface area contributed by atoms with Crippen LogP contribution < -0.4 is 0 Å². The van der Waals surface area contributed by atoms with Crippen LogP contribution in [0, 0.1) is 0 Å². The minimum Gasteiger partial charge on any atom is -0.456 e. The molecule has 1 heterocycles. The van der Waals surface area contributed by atoms with Crippen molar-refractivity contribution < 1.29 is 4.42 Å². The van der Waals surface area contributed by atoms with Crippen LogP contribution in [0.2, 0.25) is 5.02 Å². The zero-order chi connectivity index (χ0) is 10.4. The van der Waals surface area contributed by atoms with Crippen molar-refractivity contribution in [2.45, 2.75) is 0 Å². The number of fused-ring (bicyclic) bond motifs is 3. The van der Waals surface area contributed by atoms with Gasteiger partial charge in [-0.05, 0) is 30.3 Å². The lowest BCUT2D eigenvalue weighted by Crippen LogP contribution is -1.67. The summed E-state index contributed by atoms with van der Waals surface area (Å²) in [4.78, 5) is 0. The highest BCUT2D eigenvalue weighted by Crippen LogP contribution is 2.32. The molecule has 2 aromatic carbocycles. The van der Waals surface area contributed by atoms with Crippen molar-refractivity contribution in [3.05, 3.63) is 45.9 Å². The fraction of sp³-hybridized carbons (Fsp3) is 0. The first-order valence-electron chi connectivity index (χ1n) is 4.51. The molecule has 1 aromatic heterocycles. The number of benzene rings is 2. The van der Waals surface area contributed by atoms with Crippen molar-refractivity contribution >= 4 is 49.5 Å². The summed E-state index contributed by atoms with van der Waals surface area (Å²) in [6.45, 7) is 0. The highest BCUT2D eigenvalue weighted by atomic mass is 79.9. The molecule has 0 atom stereocenters. The fourth-order valence-electron chi connectivity index (χ4n) is 1.72. The van der Waals surface area contributed by atoms with Gasteiger partial charge in [-0.1, -0.05) is 27.5 Å². The monoisotopic (exact) mass is 280 g/mol. The van der Waals surface area contributed by atoms with E-state index in [1.807, 2.05) is 30.3 Å². The third-order valence-corrected chi connectivity index (χ3v) is 3.12. The predicted molar refractivity (Wildman–Crippen MR) is 66.4 cm³/mol. The van der Waals surface area contributed by atoms with Crippen molar-refractivity contribution in [3.63, 3.8) is 0 Å². The highest BCUT2D eigenvalue weighted by molar-refractivity contribution is 9.10. The molecule has 0 amide bonds. The lowest BCUT2D eigenvalue weighted by molar-refractivity contribution is 0.669. The average Bonchev–Trinajstić information content (AvgIpc) is 2.54. The number of furan rings is 1. The lowest BCUT2D eigenvalue weighted by Gasteiger charge is -1.90. The molecular formula is C12H6BrClO. The topological polar surface area (TPSA) is 13.1 Å². The molecule has 0 aliphatic rings. The largest absolute Gasteiger partial charge is 0.456 e. The molecule has 15 heavy (non-hydrogen) atoms. The van der Waals surface area contributed by atoms with Crippen molar-refractivity contribution in [2.75, 3.05) is 0 Å². The Morgan fingerprint density at radius 3 is 2.67 bits per heavy atom. The van der Waals surface area contributed by atoms with Gasteiger partial charge in [0, 0.05) is 26.3 Å². The maximum Gasteiger partial charge on any atom is 0.136 e. The molecule has 0 fully saturated rings. The van der Waals surface area contributed by atoms with Crippen molar-refractivity contribution in [2.24, 2.45) is 0 Å². The van der Waals surface area contributed by atoms with Gasteiger partial charge in [-0.25, -0.2) is 0 Å². The minimum absolute atomic E-state index is 0.695. The maximum absolute atomic E-state index is 5.91. The molecule has 0 unspecified atom stereocenters. The van der Waals surface area contributed by atoms with Crippen LogP contribution in [0.5, 0.6) is 0 Å². The molecule has 0 saturated heterocycles. The molecule has 0 radical (unpaired) electrons. The zero-order valence-electron chi connectivity index (χ0n) is 7.63. The summed E-state index contributed by atoms with van der Waals surface area (Å²) >= 11 is 9.36. The second-order valence-corrected chi connectivity index (χ2v) is 4.74. The Morgan fingerprint density at radius 2 is 1.80 bits per heavy atom. The number of rotatable bonds is 0. The second-order valence-electron chi connectivity index (χ2n) is 3.38. The van der Waals surface area contributed by atoms with Gasteiger partial charge < -0.3 is 4.42 Å². The van der Waals surface area contributed by atoms with Crippen molar-refractivity contribution in [3.8, 4) is 0 Å². The summed E-state index contributed by atoms with van der Waals surface area (Å²) in [6, 6.07) is 11.7. The van der Waals surface area contributed by atoms with Crippen LogP contribution >= 0.6 is 27.5 Å². The molecule has 0 bridgehead atoms. The summed E-state index contributed by atoms with van der Waals surface area (Å²) in [5.41, 5.74) is 1.71. The first-order valence-corrected chi connectivity index (χ1v) is 5.68. The molecule has 0 spiro atoms. The second kappa shape index (κ2) is 3.26. The third-order valence-electron chi connectivity index (χ3n) is 2.40. The van der Waals surface area contributed by atoms with Crippen LogP contribution in [-0.2, 0) is 0 Å². The Hall–Kier alpha value is -0.990. The standard InChI is InChI=1S/C12H6BrClO/c13-7-1-4-11-10(5-7)9-3-2-8(14)6-12(9)15-11/h1-6H. The summed E-state index contributed by atoms with van der Waals surface area (Å²) in [5.74, 6) is 0. The Labute approximate surface area is 99.8 Å². The zero-order valence-corrected chi connectivity index (χ0v) is 9.97. The van der Waals surface area contributed by atoms with E-state index in [1.54, 1.807) is 0 Å². The number of hydrogen-bond acceptors (Lipinski definition) is 1. The van der Waals surface area contributed by atoms with E-state index in [0.29, 0.717) is 5.02 Å². The summed E-state index contributed by atoms with van der Waals surface area (Å²) in [6.07, 6.45) is 0. The molecule has 3 rings (SSSR count). The van der Waals surface area contributed by atoms with Crippen LogP contribution in [0.3, 0.4) is 0 Å². The van der Waals surface area contributed by atoms with Gasteiger partial charge >= 0.3 is 0 Å². The summed E-state index contributed by atoms with van der Waals surface area (Å²) in [7, 11) is 0. The number of hydrogen-bond donors (Lipinski definition) is 0. The third kappa shape index (κ3) is 1.45. The average molecular weight is 282 g/mol. The Morgan fingerprint density at radius 1 is 0.933 bits per heavy atom. The van der Waals surface area contributed by atoms with E-state index < -0.39 is 0 Å². The molecule has 1 nitrogen and oxygen atoms in total. The lowest BCUT2D eigenvalue weighted by atomic mass is 10.1. The first-order chi connectivity index (χ1) is 7.24. The molecule has 0 N–H and O–H groups in total. The predicted octanol–water partition coefficient (Wildman–Crippen LogP) is 5.00.